The van der Waals surface area contributed by atoms with Gasteiger partial charge in [-0.3, -0.25) is 4.79 Å². The van der Waals surface area contributed by atoms with Gasteiger partial charge in [-0.25, -0.2) is 4.39 Å². The zero-order valence-electron chi connectivity index (χ0n) is 13.2. The maximum absolute atomic E-state index is 13.9. The van der Waals surface area contributed by atoms with Gasteiger partial charge in [0.05, 0.1) is 10.6 Å². The van der Waals surface area contributed by atoms with Crippen LogP contribution in [0.1, 0.15) is 28.8 Å². The van der Waals surface area contributed by atoms with Crippen LogP contribution in [0.4, 0.5) is 4.39 Å². The number of carbonyl (C=O) groups excluding carboxylic acids is 1. The van der Waals surface area contributed by atoms with E-state index in [0.717, 1.165) is 12.8 Å². The predicted molar refractivity (Wildman–Crippen MR) is 85.0 cm³/mol. The predicted octanol–water partition coefficient (Wildman–Crippen LogP) is 2.63. The maximum Gasteiger partial charge on any atom is 0.255 e. The zero-order valence-corrected chi connectivity index (χ0v) is 14.0. The van der Waals surface area contributed by atoms with Crippen molar-refractivity contribution in [3.8, 4) is 0 Å². The number of nitrogens with one attached hydrogen (secondary N) is 1. The molecule has 0 bridgehead atoms. The smallest absolute Gasteiger partial charge is 0.255 e. The summed E-state index contributed by atoms with van der Waals surface area (Å²) in [4.78, 5) is 14.5. The fraction of sp³-hybridized carbons (Fsp3) is 0.562. The minimum absolute atomic E-state index is 0.0809. The Bertz CT molecular complexity index is 557. The van der Waals surface area contributed by atoms with Crippen LogP contribution in [0.5, 0.6) is 0 Å². The first kappa shape index (κ1) is 17.2. The maximum atomic E-state index is 13.9. The second-order valence-electron chi connectivity index (χ2n) is 5.97. The number of nitrogens with zero attached hydrogens (tertiary/aromatic N) is 1. The summed E-state index contributed by atoms with van der Waals surface area (Å²) in [6.45, 7) is 3.51. The Morgan fingerprint density at radius 1 is 1.41 bits per heavy atom. The lowest BCUT2D eigenvalue weighted by molar-refractivity contribution is -0.00659. The highest BCUT2D eigenvalue weighted by Gasteiger charge is 2.35. The first-order valence-corrected chi connectivity index (χ1v) is 7.73. The third-order valence-electron chi connectivity index (χ3n) is 4.46. The molecule has 1 aromatic carbocycles. The minimum Gasteiger partial charge on any atom is -0.381 e. The van der Waals surface area contributed by atoms with Gasteiger partial charge in [0.1, 0.15) is 5.82 Å². The summed E-state index contributed by atoms with van der Waals surface area (Å²) in [6.07, 6.45) is 1.65. The van der Waals surface area contributed by atoms with E-state index >= 15 is 0 Å². The molecule has 1 fully saturated rings. The fourth-order valence-corrected chi connectivity index (χ4v) is 2.97. The van der Waals surface area contributed by atoms with Crippen LogP contribution in [0.3, 0.4) is 0 Å². The number of carbonyl (C=O) groups is 1. The molecule has 4 nitrogen and oxygen atoms in total. The normalized spacial score (nSPS) is 17.5. The number of aryl methyl sites for hydroxylation is 1. The zero-order chi connectivity index (χ0) is 16.3. The summed E-state index contributed by atoms with van der Waals surface area (Å²) in [6, 6.07) is 2.83. The summed E-state index contributed by atoms with van der Waals surface area (Å²) in [5.74, 6) is -1.07. The van der Waals surface area contributed by atoms with Gasteiger partial charge in [0.2, 0.25) is 0 Å². The Labute approximate surface area is 135 Å². The Balaban J connectivity index is 2.14. The molecule has 0 aromatic heterocycles. The summed E-state index contributed by atoms with van der Waals surface area (Å²) in [5, 5.41) is 3.01. The summed E-state index contributed by atoms with van der Waals surface area (Å²) >= 11 is 6.08. The van der Waals surface area contributed by atoms with Crippen LogP contribution in [0.25, 0.3) is 0 Å². The standard InChI is InChI=1S/C16H22ClFN2O2/c1-11-4-5-12(18)13(14(11)17)15(21)19-10-16(20(2)3)6-8-22-9-7-16/h4-5H,6-10H2,1-3H3,(H,19,21). The number of benzene rings is 1. The van der Waals surface area contributed by atoms with Crippen molar-refractivity contribution in [2.75, 3.05) is 33.9 Å². The molecule has 1 aromatic rings. The number of halogens is 2. The molecule has 0 unspecified atom stereocenters. The number of rotatable bonds is 4. The molecule has 0 radical (unpaired) electrons. The van der Waals surface area contributed by atoms with E-state index in [1.54, 1.807) is 13.0 Å². The molecule has 2 rings (SSSR count). The summed E-state index contributed by atoms with van der Waals surface area (Å²) in [5.41, 5.74) is 0.435. The van der Waals surface area contributed by atoms with E-state index in [1.165, 1.54) is 6.07 Å². The molecule has 6 heteroatoms. The van der Waals surface area contributed by atoms with Gasteiger partial charge in [-0.15, -0.1) is 0 Å². The van der Waals surface area contributed by atoms with Crippen molar-refractivity contribution in [1.29, 1.82) is 0 Å². The van der Waals surface area contributed by atoms with E-state index in [-0.39, 0.29) is 16.1 Å². The quantitative estimate of drug-likeness (QED) is 0.924. The Kier molecular flexibility index (Phi) is 5.42. The molecule has 1 N–H and O–H groups in total. The van der Waals surface area contributed by atoms with Crippen LogP contribution >= 0.6 is 11.6 Å². The van der Waals surface area contributed by atoms with Crippen LogP contribution in [0.15, 0.2) is 12.1 Å². The van der Waals surface area contributed by atoms with Crippen molar-refractivity contribution in [2.45, 2.75) is 25.3 Å². The molecule has 1 saturated heterocycles. The van der Waals surface area contributed by atoms with Crippen molar-refractivity contribution >= 4 is 17.5 Å². The van der Waals surface area contributed by atoms with Crippen molar-refractivity contribution < 1.29 is 13.9 Å². The van der Waals surface area contributed by atoms with Crippen LogP contribution < -0.4 is 5.32 Å². The van der Waals surface area contributed by atoms with Gasteiger partial charge >= 0.3 is 0 Å². The largest absolute Gasteiger partial charge is 0.381 e. The molecular weight excluding hydrogens is 307 g/mol. The lowest BCUT2D eigenvalue weighted by atomic mass is 9.88. The van der Waals surface area contributed by atoms with Crippen LogP contribution in [0, 0.1) is 12.7 Å². The van der Waals surface area contributed by atoms with Gasteiger partial charge in [-0.1, -0.05) is 17.7 Å². The molecule has 0 saturated carbocycles. The van der Waals surface area contributed by atoms with Crippen molar-refractivity contribution in [3.05, 3.63) is 34.1 Å². The van der Waals surface area contributed by atoms with Gasteiger partial charge in [0, 0.05) is 25.3 Å². The number of hydrogen-bond acceptors (Lipinski definition) is 3. The number of likely N-dealkylation sites (N-methyl/N-ethyl adjacent to an activating group) is 1. The summed E-state index contributed by atoms with van der Waals surface area (Å²) in [7, 11) is 3.97. The molecule has 1 amide bonds. The third kappa shape index (κ3) is 3.42. The second-order valence-corrected chi connectivity index (χ2v) is 6.35. The highest BCUT2D eigenvalue weighted by Crippen LogP contribution is 2.26. The summed E-state index contributed by atoms with van der Waals surface area (Å²) < 4.78 is 19.3. The SMILES string of the molecule is Cc1ccc(F)c(C(=O)NCC2(N(C)C)CCOCC2)c1Cl. The Hall–Kier alpha value is -1.17. The first-order valence-electron chi connectivity index (χ1n) is 7.35. The molecule has 0 spiro atoms. The molecule has 0 atom stereocenters. The minimum atomic E-state index is -0.598. The average Bonchev–Trinajstić information content (AvgIpc) is 2.50. The van der Waals surface area contributed by atoms with E-state index in [0.29, 0.717) is 25.3 Å². The van der Waals surface area contributed by atoms with Crippen LogP contribution in [-0.4, -0.2) is 50.2 Å². The van der Waals surface area contributed by atoms with Crippen molar-refractivity contribution in [2.24, 2.45) is 0 Å². The van der Waals surface area contributed by atoms with E-state index in [1.807, 2.05) is 14.1 Å². The van der Waals surface area contributed by atoms with Crippen molar-refractivity contribution in [1.82, 2.24) is 10.2 Å². The van der Waals surface area contributed by atoms with Gasteiger partial charge in [-0.2, -0.15) is 0 Å². The molecule has 0 aliphatic carbocycles. The molecule has 22 heavy (non-hydrogen) atoms. The van der Waals surface area contributed by atoms with E-state index < -0.39 is 11.7 Å². The Morgan fingerprint density at radius 2 is 2.05 bits per heavy atom. The van der Waals surface area contributed by atoms with Gasteiger partial charge < -0.3 is 15.0 Å². The number of ether oxygens (including phenoxy) is 1. The van der Waals surface area contributed by atoms with Gasteiger partial charge in [0.25, 0.3) is 5.91 Å². The van der Waals surface area contributed by atoms with E-state index in [9.17, 15) is 9.18 Å². The van der Waals surface area contributed by atoms with Crippen LogP contribution in [0.2, 0.25) is 5.02 Å². The number of amides is 1. The first-order chi connectivity index (χ1) is 10.4. The van der Waals surface area contributed by atoms with Crippen molar-refractivity contribution in [3.63, 3.8) is 0 Å². The highest BCUT2D eigenvalue weighted by atomic mass is 35.5. The highest BCUT2D eigenvalue weighted by molar-refractivity contribution is 6.34. The van der Waals surface area contributed by atoms with E-state index in [2.05, 4.69) is 10.2 Å². The number of hydrogen-bond donors (Lipinski definition) is 1. The molecule has 1 heterocycles. The molecule has 122 valence electrons. The van der Waals surface area contributed by atoms with Gasteiger partial charge in [-0.05, 0) is 45.5 Å². The van der Waals surface area contributed by atoms with E-state index in [4.69, 9.17) is 16.3 Å². The van der Waals surface area contributed by atoms with Gasteiger partial charge in [0.15, 0.2) is 0 Å². The lowest BCUT2D eigenvalue weighted by Crippen LogP contribution is -2.55. The monoisotopic (exact) mass is 328 g/mol. The third-order valence-corrected chi connectivity index (χ3v) is 4.95. The molecule has 1 aliphatic heterocycles. The average molecular weight is 329 g/mol. The lowest BCUT2D eigenvalue weighted by Gasteiger charge is -2.42. The Morgan fingerprint density at radius 3 is 2.64 bits per heavy atom. The molecular formula is C16H22ClFN2O2. The van der Waals surface area contributed by atoms with Crippen LogP contribution in [-0.2, 0) is 4.74 Å². The topological polar surface area (TPSA) is 41.6 Å². The fourth-order valence-electron chi connectivity index (χ4n) is 2.73. The second kappa shape index (κ2) is 6.94. The molecule has 1 aliphatic rings.